The third kappa shape index (κ3) is 7.24. The highest BCUT2D eigenvalue weighted by atomic mass is 32.2. The molecule has 7 heteroatoms. The van der Waals surface area contributed by atoms with E-state index in [-0.39, 0.29) is 11.7 Å². The molecule has 1 aromatic rings. The highest BCUT2D eigenvalue weighted by Crippen LogP contribution is 2.26. The second-order valence-corrected chi connectivity index (χ2v) is 12.1. The summed E-state index contributed by atoms with van der Waals surface area (Å²) in [6.45, 7) is 6.63. The lowest BCUT2D eigenvalue weighted by Gasteiger charge is -2.36. The van der Waals surface area contributed by atoms with Gasteiger partial charge in [-0.05, 0) is 100 Å². The molecule has 0 bridgehead atoms. The Kier molecular flexibility index (Phi) is 8.17. The summed E-state index contributed by atoms with van der Waals surface area (Å²) in [7, 11) is -3.36. The average Bonchev–Trinajstić information content (AvgIpc) is 2.95. The molecular weight excluding hydrogens is 438 g/mol. The number of benzene rings is 1. The number of carbonyl (C=O) groups is 2. The van der Waals surface area contributed by atoms with Gasteiger partial charge in [0.25, 0.3) is 5.91 Å². The summed E-state index contributed by atoms with van der Waals surface area (Å²) in [5, 5.41) is 11.4. The Balaban J connectivity index is 1.64. The number of rotatable bonds is 6. The van der Waals surface area contributed by atoms with Crippen molar-refractivity contribution in [3.8, 4) is 0 Å². The maximum atomic E-state index is 12.9. The fourth-order valence-electron chi connectivity index (χ4n) is 4.82. The number of nitrogens with zero attached hydrogens (tertiary/aromatic N) is 1. The van der Waals surface area contributed by atoms with Crippen LogP contribution < -0.4 is 0 Å². The van der Waals surface area contributed by atoms with Crippen molar-refractivity contribution in [3.63, 3.8) is 0 Å². The molecule has 1 N–H and O–H groups in total. The van der Waals surface area contributed by atoms with Crippen LogP contribution in [0.15, 0.2) is 17.5 Å². The second-order valence-electron chi connectivity index (χ2n) is 10.1. The van der Waals surface area contributed by atoms with Gasteiger partial charge in [-0.3, -0.25) is 9.59 Å². The zero-order chi connectivity index (χ0) is 24.2. The van der Waals surface area contributed by atoms with Crippen molar-refractivity contribution in [2.45, 2.75) is 77.7 Å². The number of carbonyl (C=O) groups excluding carboxylic acids is 2. The average molecular weight is 476 g/mol. The van der Waals surface area contributed by atoms with Crippen molar-refractivity contribution >= 4 is 27.6 Å². The summed E-state index contributed by atoms with van der Waals surface area (Å²) in [5.74, 6) is 0.629. The van der Waals surface area contributed by atoms with Gasteiger partial charge in [-0.2, -0.15) is 0 Å². The molecular formula is C26H37NO5S. The Morgan fingerprint density at radius 1 is 1.15 bits per heavy atom. The SMILES string of the molecule is Cc1cc(C(=O)N2CCC(C)(O)CC2)cc(C)c1/C=C/S(=O)(=O)CCC1CCCC(=O)CC1. The summed E-state index contributed by atoms with van der Waals surface area (Å²) in [4.78, 5) is 26.3. The van der Waals surface area contributed by atoms with Crippen LogP contribution in [-0.4, -0.2) is 54.6 Å². The minimum absolute atomic E-state index is 0.0540. The molecule has 6 nitrogen and oxygen atoms in total. The predicted octanol–water partition coefficient (Wildman–Crippen LogP) is 4.22. The number of aliphatic hydroxyl groups is 1. The number of amides is 1. The number of ketones is 1. The third-order valence-electron chi connectivity index (χ3n) is 7.12. The van der Waals surface area contributed by atoms with Gasteiger partial charge in [0.2, 0.25) is 0 Å². The lowest BCUT2D eigenvalue weighted by molar-refractivity contribution is -0.118. The molecule has 1 saturated carbocycles. The minimum atomic E-state index is -3.36. The van der Waals surface area contributed by atoms with Gasteiger partial charge in [-0.25, -0.2) is 8.42 Å². The van der Waals surface area contributed by atoms with E-state index in [1.165, 1.54) is 5.41 Å². The summed E-state index contributed by atoms with van der Waals surface area (Å²) in [6.07, 6.45) is 7.13. The van der Waals surface area contributed by atoms with E-state index in [1.54, 1.807) is 17.9 Å². The Morgan fingerprint density at radius 2 is 1.79 bits per heavy atom. The van der Waals surface area contributed by atoms with Crippen molar-refractivity contribution in [1.29, 1.82) is 0 Å². The molecule has 1 heterocycles. The van der Waals surface area contributed by atoms with Crippen molar-refractivity contribution in [3.05, 3.63) is 39.8 Å². The first kappa shape index (κ1) is 25.6. The summed E-state index contributed by atoms with van der Waals surface area (Å²) in [6, 6.07) is 3.63. The number of likely N-dealkylation sites (tertiary alicyclic amines) is 1. The monoisotopic (exact) mass is 475 g/mol. The molecule has 2 aliphatic rings. The number of piperidine rings is 1. The van der Waals surface area contributed by atoms with E-state index in [2.05, 4.69) is 0 Å². The topological polar surface area (TPSA) is 91.8 Å². The van der Waals surface area contributed by atoms with Crippen LogP contribution in [0.1, 0.15) is 85.3 Å². The molecule has 0 aromatic heterocycles. The molecule has 1 unspecified atom stereocenters. The van der Waals surface area contributed by atoms with E-state index in [0.717, 1.165) is 36.0 Å². The van der Waals surface area contributed by atoms with Crippen molar-refractivity contribution in [1.82, 2.24) is 4.90 Å². The zero-order valence-corrected chi connectivity index (χ0v) is 20.9. The van der Waals surface area contributed by atoms with Crippen LogP contribution in [0.2, 0.25) is 0 Å². The maximum absolute atomic E-state index is 12.9. The Bertz CT molecular complexity index is 992. The fraction of sp³-hybridized carbons (Fsp3) is 0.615. The fourth-order valence-corrected chi connectivity index (χ4v) is 5.96. The van der Waals surface area contributed by atoms with E-state index < -0.39 is 15.4 Å². The first-order valence-corrected chi connectivity index (χ1v) is 13.7. The molecule has 1 aromatic carbocycles. The molecule has 1 aliphatic carbocycles. The lowest BCUT2D eigenvalue weighted by atomic mass is 9.93. The van der Waals surface area contributed by atoms with E-state index in [4.69, 9.17) is 0 Å². The van der Waals surface area contributed by atoms with Crippen molar-refractivity contribution in [2.75, 3.05) is 18.8 Å². The Hall–Kier alpha value is -1.99. The van der Waals surface area contributed by atoms with Gasteiger partial charge in [0.15, 0.2) is 9.84 Å². The van der Waals surface area contributed by atoms with Crippen LogP contribution in [0.5, 0.6) is 0 Å². The van der Waals surface area contributed by atoms with Gasteiger partial charge in [0.05, 0.1) is 11.4 Å². The molecule has 0 radical (unpaired) electrons. The third-order valence-corrected chi connectivity index (χ3v) is 8.48. The first-order valence-electron chi connectivity index (χ1n) is 12.0. The number of Topliss-reactive ketones (excluding diaryl/α,β-unsaturated/α-hetero) is 1. The normalized spacial score (nSPS) is 21.9. The summed E-state index contributed by atoms with van der Waals surface area (Å²) in [5.41, 5.74) is 2.41. The van der Waals surface area contributed by atoms with Crippen LogP contribution in [0, 0.1) is 19.8 Å². The van der Waals surface area contributed by atoms with Crippen molar-refractivity contribution < 1.29 is 23.1 Å². The molecule has 2 fully saturated rings. The van der Waals surface area contributed by atoms with E-state index in [9.17, 15) is 23.1 Å². The molecule has 182 valence electrons. The van der Waals surface area contributed by atoms with Gasteiger partial charge in [-0.15, -0.1) is 0 Å². The van der Waals surface area contributed by atoms with Crippen LogP contribution in [0.25, 0.3) is 6.08 Å². The molecule has 1 atom stereocenters. The Morgan fingerprint density at radius 3 is 2.42 bits per heavy atom. The van der Waals surface area contributed by atoms with Gasteiger partial charge in [0.1, 0.15) is 5.78 Å². The Labute approximate surface area is 198 Å². The number of hydrogen-bond donors (Lipinski definition) is 1. The number of aryl methyl sites for hydroxylation is 2. The van der Waals surface area contributed by atoms with E-state index in [0.29, 0.717) is 62.5 Å². The molecule has 1 saturated heterocycles. The van der Waals surface area contributed by atoms with Crippen LogP contribution in [-0.2, 0) is 14.6 Å². The first-order chi connectivity index (χ1) is 15.5. The largest absolute Gasteiger partial charge is 0.390 e. The molecule has 33 heavy (non-hydrogen) atoms. The lowest BCUT2D eigenvalue weighted by Crippen LogP contribution is -2.45. The van der Waals surface area contributed by atoms with Gasteiger partial charge < -0.3 is 10.0 Å². The van der Waals surface area contributed by atoms with Gasteiger partial charge in [0, 0.05) is 36.9 Å². The van der Waals surface area contributed by atoms with Crippen LogP contribution in [0.4, 0.5) is 0 Å². The van der Waals surface area contributed by atoms with E-state index >= 15 is 0 Å². The quantitative estimate of drug-likeness (QED) is 0.622. The standard InChI is InChI=1S/C26H37NO5S/c1-19-17-22(25(29)27-13-11-26(3,30)12-14-27)18-20(2)24(19)10-16-33(31,32)15-9-21-5-4-6-23(28)8-7-21/h10,16-18,21,30H,4-9,11-15H2,1-3H3/b16-10+. The number of sulfone groups is 1. The summed E-state index contributed by atoms with van der Waals surface area (Å²) >= 11 is 0. The maximum Gasteiger partial charge on any atom is 0.253 e. The molecule has 1 aliphatic heterocycles. The van der Waals surface area contributed by atoms with Crippen LogP contribution >= 0.6 is 0 Å². The molecule has 1 amide bonds. The molecule has 3 rings (SSSR count). The van der Waals surface area contributed by atoms with E-state index in [1.807, 2.05) is 26.0 Å². The van der Waals surface area contributed by atoms with Crippen molar-refractivity contribution in [2.24, 2.45) is 5.92 Å². The number of hydrogen-bond acceptors (Lipinski definition) is 5. The smallest absolute Gasteiger partial charge is 0.253 e. The molecule has 0 spiro atoms. The van der Waals surface area contributed by atoms with Crippen LogP contribution in [0.3, 0.4) is 0 Å². The highest BCUT2D eigenvalue weighted by Gasteiger charge is 2.30. The zero-order valence-electron chi connectivity index (χ0n) is 20.1. The second kappa shape index (κ2) is 10.5. The predicted molar refractivity (Wildman–Crippen MR) is 131 cm³/mol. The minimum Gasteiger partial charge on any atom is -0.390 e. The summed E-state index contributed by atoms with van der Waals surface area (Å²) < 4.78 is 25.2. The van der Waals surface area contributed by atoms with Gasteiger partial charge in [-0.1, -0.05) is 0 Å². The highest BCUT2D eigenvalue weighted by molar-refractivity contribution is 7.94. The van der Waals surface area contributed by atoms with Gasteiger partial charge >= 0.3 is 0 Å².